The van der Waals surface area contributed by atoms with Gasteiger partial charge in [0.25, 0.3) is 0 Å². The van der Waals surface area contributed by atoms with Crippen molar-refractivity contribution < 1.29 is 9.53 Å². The molecule has 0 radical (unpaired) electrons. The van der Waals surface area contributed by atoms with E-state index in [2.05, 4.69) is 23.6 Å². The summed E-state index contributed by atoms with van der Waals surface area (Å²) < 4.78 is 5.13. The maximum absolute atomic E-state index is 12.2. The molecule has 0 aliphatic rings. The second kappa shape index (κ2) is 9.40. The Labute approximate surface area is 128 Å². The zero-order chi connectivity index (χ0) is 15.7. The third-order valence-corrected chi connectivity index (χ3v) is 3.47. The smallest absolute Gasteiger partial charge is 0.242 e. The highest BCUT2D eigenvalue weighted by atomic mass is 16.5. The first kappa shape index (κ1) is 17.5. The van der Waals surface area contributed by atoms with Crippen LogP contribution in [-0.4, -0.2) is 31.7 Å². The molecule has 0 aliphatic heterocycles. The number of nitrogens with one attached hydrogen (secondary N) is 2. The largest absolute Gasteiger partial charge is 0.384 e. The average molecular weight is 292 g/mol. The van der Waals surface area contributed by atoms with Crippen LogP contribution in [0.3, 0.4) is 0 Å². The molecule has 2 atom stereocenters. The van der Waals surface area contributed by atoms with Crippen molar-refractivity contribution in [2.24, 2.45) is 0 Å². The molecular weight excluding hydrogens is 264 g/mol. The molecule has 0 saturated carbocycles. The number of para-hydroxylation sites is 1. The Morgan fingerprint density at radius 3 is 2.67 bits per heavy atom. The Morgan fingerprint density at radius 1 is 1.29 bits per heavy atom. The Hall–Kier alpha value is -1.55. The summed E-state index contributed by atoms with van der Waals surface area (Å²) in [6, 6.07) is 8.01. The summed E-state index contributed by atoms with van der Waals surface area (Å²) in [5, 5.41) is 6.34. The molecule has 1 aromatic rings. The van der Waals surface area contributed by atoms with Crippen LogP contribution in [0.4, 0.5) is 5.69 Å². The van der Waals surface area contributed by atoms with E-state index in [-0.39, 0.29) is 18.0 Å². The van der Waals surface area contributed by atoms with E-state index in [0.717, 1.165) is 24.9 Å². The molecule has 0 aliphatic carbocycles. The second-order valence-electron chi connectivity index (χ2n) is 5.46. The van der Waals surface area contributed by atoms with Crippen LogP contribution in [0.15, 0.2) is 24.3 Å². The van der Waals surface area contributed by atoms with Crippen LogP contribution in [0.5, 0.6) is 0 Å². The lowest BCUT2D eigenvalue weighted by Gasteiger charge is -2.20. The van der Waals surface area contributed by atoms with Gasteiger partial charge in [0.05, 0.1) is 6.61 Å². The van der Waals surface area contributed by atoms with Crippen LogP contribution in [0, 0.1) is 0 Å². The summed E-state index contributed by atoms with van der Waals surface area (Å²) in [6.07, 6.45) is 2.91. The standard InChI is InChI=1S/C17H28N2O2/c1-5-8-13(2)18-17(20)14(3)19-16-10-7-6-9-15(16)11-12-21-4/h6-7,9-10,13-14,19H,5,8,11-12H2,1-4H3,(H,18,20). The second-order valence-corrected chi connectivity index (χ2v) is 5.46. The van der Waals surface area contributed by atoms with Gasteiger partial charge in [-0.25, -0.2) is 0 Å². The van der Waals surface area contributed by atoms with Crippen LogP contribution < -0.4 is 10.6 Å². The monoisotopic (exact) mass is 292 g/mol. The maximum atomic E-state index is 12.2. The zero-order valence-corrected chi connectivity index (χ0v) is 13.6. The third-order valence-electron chi connectivity index (χ3n) is 3.47. The Kier molecular flexibility index (Phi) is 7.83. The van der Waals surface area contributed by atoms with E-state index < -0.39 is 0 Å². The molecule has 0 spiro atoms. The van der Waals surface area contributed by atoms with Crippen molar-refractivity contribution in [1.82, 2.24) is 5.32 Å². The first-order valence-electron chi connectivity index (χ1n) is 7.72. The van der Waals surface area contributed by atoms with Gasteiger partial charge in [0.2, 0.25) is 5.91 Å². The van der Waals surface area contributed by atoms with Gasteiger partial charge in [-0.1, -0.05) is 31.5 Å². The van der Waals surface area contributed by atoms with Gasteiger partial charge >= 0.3 is 0 Å². The minimum atomic E-state index is -0.256. The fourth-order valence-electron chi connectivity index (χ4n) is 2.26. The van der Waals surface area contributed by atoms with Gasteiger partial charge in [0.15, 0.2) is 0 Å². The quantitative estimate of drug-likeness (QED) is 0.735. The molecule has 1 rings (SSSR count). The molecule has 0 fully saturated rings. The Bertz CT molecular complexity index is 435. The van der Waals surface area contributed by atoms with E-state index in [1.54, 1.807) is 7.11 Å². The molecule has 21 heavy (non-hydrogen) atoms. The van der Waals surface area contributed by atoms with Crippen molar-refractivity contribution in [1.29, 1.82) is 0 Å². The van der Waals surface area contributed by atoms with E-state index in [1.165, 1.54) is 5.56 Å². The van der Waals surface area contributed by atoms with Crippen molar-refractivity contribution in [2.45, 2.75) is 52.1 Å². The molecule has 2 unspecified atom stereocenters. The third kappa shape index (κ3) is 6.17. The van der Waals surface area contributed by atoms with Gasteiger partial charge in [-0.2, -0.15) is 0 Å². The van der Waals surface area contributed by atoms with Gasteiger partial charge < -0.3 is 15.4 Å². The first-order chi connectivity index (χ1) is 10.1. The summed E-state index contributed by atoms with van der Waals surface area (Å²) in [6.45, 7) is 6.73. The van der Waals surface area contributed by atoms with Crippen LogP contribution >= 0.6 is 0 Å². The predicted octanol–water partition coefficient (Wildman–Crippen LogP) is 2.98. The van der Waals surface area contributed by atoms with Crippen molar-refractivity contribution >= 4 is 11.6 Å². The minimum Gasteiger partial charge on any atom is -0.384 e. The Morgan fingerprint density at radius 2 is 2.00 bits per heavy atom. The number of anilines is 1. The lowest BCUT2D eigenvalue weighted by atomic mass is 10.1. The van der Waals surface area contributed by atoms with E-state index in [4.69, 9.17) is 4.74 Å². The number of amides is 1. The van der Waals surface area contributed by atoms with Gasteiger partial charge in [-0.05, 0) is 38.3 Å². The number of hydrogen-bond donors (Lipinski definition) is 2. The number of methoxy groups -OCH3 is 1. The van der Waals surface area contributed by atoms with Crippen LogP contribution in [0.1, 0.15) is 39.2 Å². The highest BCUT2D eigenvalue weighted by Gasteiger charge is 2.15. The summed E-state index contributed by atoms with van der Waals surface area (Å²) in [5.74, 6) is 0.0393. The molecule has 2 N–H and O–H groups in total. The minimum absolute atomic E-state index is 0.0393. The van der Waals surface area contributed by atoms with Gasteiger partial charge in [0.1, 0.15) is 6.04 Å². The van der Waals surface area contributed by atoms with Crippen molar-refractivity contribution in [3.63, 3.8) is 0 Å². The topological polar surface area (TPSA) is 50.4 Å². The van der Waals surface area contributed by atoms with E-state index in [9.17, 15) is 4.79 Å². The fraction of sp³-hybridized carbons (Fsp3) is 0.588. The average Bonchev–Trinajstić information content (AvgIpc) is 2.46. The molecule has 0 aromatic heterocycles. The number of hydrogen-bond acceptors (Lipinski definition) is 3. The molecular formula is C17H28N2O2. The lowest BCUT2D eigenvalue weighted by molar-refractivity contribution is -0.122. The number of benzene rings is 1. The van der Waals surface area contributed by atoms with Gasteiger partial charge in [-0.3, -0.25) is 4.79 Å². The molecule has 0 heterocycles. The van der Waals surface area contributed by atoms with Gasteiger partial charge in [0, 0.05) is 18.8 Å². The van der Waals surface area contributed by atoms with Crippen LogP contribution in [-0.2, 0) is 16.0 Å². The van der Waals surface area contributed by atoms with E-state index >= 15 is 0 Å². The molecule has 1 aromatic carbocycles. The van der Waals surface area contributed by atoms with Gasteiger partial charge in [-0.15, -0.1) is 0 Å². The molecule has 4 heteroatoms. The normalized spacial score (nSPS) is 13.5. The molecule has 4 nitrogen and oxygen atoms in total. The maximum Gasteiger partial charge on any atom is 0.242 e. The SMILES string of the molecule is CCCC(C)NC(=O)C(C)Nc1ccccc1CCOC. The molecule has 1 amide bonds. The highest BCUT2D eigenvalue weighted by Crippen LogP contribution is 2.17. The summed E-state index contributed by atoms with van der Waals surface area (Å²) in [7, 11) is 1.70. The summed E-state index contributed by atoms with van der Waals surface area (Å²) in [5.41, 5.74) is 2.17. The van der Waals surface area contributed by atoms with Crippen LogP contribution in [0.2, 0.25) is 0 Å². The number of ether oxygens (including phenoxy) is 1. The Balaban J connectivity index is 2.61. The summed E-state index contributed by atoms with van der Waals surface area (Å²) >= 11 is 0. The number of rotatable bonds is 9. The first-order valence-corrected chi connectivity index (χ1v) is 7.72. The van der Waals surface area contributed by atoms with Crippen molar-refractivity contribution in [3.8, 4) is 0 Å². The van der Waals surface area contributed by atoms with Crippen molar-refractivity contribution in [2.75, 3.05) is 19.0 Å². The zero-order valence-electron chi connectivity index (χ0n) is 13.6. The van der Waals surface area contributed by atoms with Crippen LogP contribution in [0.25, 0.3) is 0 Å². The fourth-order valence-corrected chi connectivity index (χ4v) is 2.26. The highest BCUT2D eigenvalue weighted by molar-refractivity contribution is 5.84. The lowest BCUT2D eigenvalue weighted by Crippen LogP contribution is -2.42. The van der Waals surface area contributed by atoms with E-state index in [1.807, 2.05) is 32.0 Å². The van der Waals surface area contributed by atoms with Crippen molar-refractivity contribution in [3.05, 3.63) is 29.8 Å². The predicted molar refractivity (Wildman–Crippen MR) is 87.6 cm³/mol. The molecule has 0 bridgehead atoms. The number of carbonyl (C=O) groups excluding carboxylic acids is 1. The molecule has 0 saturated heterocycles. The number of carbonyl (C=O) groups is 1. The van der Waals surface area contributed by atoms with E-state index in [0.29, 0.717) is 6.61 Å². The summed E-state index contributed by atoms with van der Waals surface area (Å²) in [4.78, 5) is 12.2. The molecule has 118 valence electrons.